The average molecular weight is 783 g/mol. The van der Waals surface area contributed by atoms with Gasteiger partial charge in [-0.05, 0) is 40.3 Å². The molecule has 3 aliphatic rings. The molecule has 2 fully saturated rings. The minimum atomic E-state index is -1.44. The van der Waals surface area contributed by atoms with Crippen LogP contribution in [0.1, 0.15) is 41.4 Å². The number of alkyl halides is 1. The Morgan fingerprint density at radius 2 is 1.54 bits per heavy atom. The highest BCUT2D eigenvalue weighted by Crippen LogP contribution is 2.44. The molecule has 1 N–H and O–H groups in total. The Labute approximate surface area is 327 Å². The monoisotopic (exact) mass is 782 g/mol. The predicted molar refractivity (Wildman–Crippen MR) is 201 cm³/mol. The molecule has 7 rings (SSSR count). The fourth-order valence-electron chi connectivity index (χ4n) is 7.20. The normalized spacial score (nSPS) is 23.5. The second-order valence-corrected chi connectivity index (χ2v) is 13.7. The Balaban J connectivity index is 1.10. The second-order valence-electron chi connectivity index (χ2n) is 13.4. The van der Waals surface area contributed by atoms with Crippen LogP contribution in [-0.2, 0) is 49.4 Å². The summed E-state index contributed by atoms with van der Waals surface area (Å²) in [4.78, 5) is 42.9. The molecule has 0 spiro atoms. The summed E-state index contributed by atoms with van der Waals surface area (Å²) in [5.41, 5.74) is 15.2. The zero-order valence-corrected chi connectivity index (χ0v) is 31.0. The molecule has 0 bridgehead atoms. The van der Waals surface area contributed by atoms with E-state index < -0.39 is 73.0 Å². The van der Waals surface area contributed by atoms with E-state index in [1.165, 1.54) is 6.92 Å². The van der Waals surface area contributed by atoms with Gasteiger partial charge in [-0.1, -0.05) is 114 Å². The molecule has 4 aromatic rings. The molecule has 56 heavy (non-hydrogen) atoms. The largest absolute Gasteiger partial charge is 0.459 e. The van der Waals surface area contributed by atoms with Gasteiger partial charge < -0.3 is 38.5 Å². The summed E-state index contributed by atoms with van der Waals surface area (Å²) in [5.74, 6) is -2.35. The van der Waals surface area contributed by atoms with E-state index in [2.05, 4.69) is 15.3 Å². The first-order chi connectivity index (χ1) is 27.3. The van der Waals surface area contributed by atoms with Crippen molar-refractivity contribution in [2.45, 2.75) is 68.5 Å². The van der Waals surface area contributed by atoms with Gasteiger partial charge >= 0.3 is 18.0 Å². The Hall–Kier alpha value is -5.47. The van der Waals surface area contributed by atoms with E-state index in [-0.39, 0.29) is 25.7 Å². The van der Waals surface area contributed by atoms with Crippen LogP contribution in [0.15, 0.2) is 114 Å². The van der Waals surface area contributed by atoms with E-state index in [4.69, 9.17) is 44.8 Å². The molecule has 1 aliphatic carbocycles. The highest BCUT2D eigenvalue weighted by Gasteiger charge is 2.53. The molecular formula is C41H39ClN4O10. The minimum absolute atomic E-state index is 0.00770. The highest BCUT2D eigenvalue weighted by molar-refractivity contribution is 6.26. The lowest BCUT2D eigenvalue weighted by molar-refractivity contribution is -0.347. The third-order valence-corrected chi connectivity index (χ3v) is 10.1. The van der Waals surface area contributed by atoms with Crippen molar-refractivity contribution in [3.05, 3.63) is 142 Å². The van der Waals surface area contributed by atoms with Gasteiger partial charge in [0.2, 0.25) is 0 Å². The average Bonchev–Trinajstić information content (AvgIpc) is 3.56. The smallest absolute Gasteiger partial charge is 0.407 e. The molecule has 1 amide bonds. The summed E-state index contributed by atoms with van der Waals surface area (Å²) in [5, 5.41) is 6.51. The van der Waals surface area contributed by atoms with E-state index in [1.807, 2.05) is 84.9 Å². The van der Waals surface area contributed by atoms with E-state index in [0.29, 0.717) is 5.56 Å². The molecule has 4 aromatic carbocycles. The molecule has 2 aliphatic heterocycles. The number of carbonyl (C=O) groups is 3. The summed E-state index contributed by atoms with van der Waals surface area (Å²) < 4.78 is 41.8. The topological polar surface area (TPSA) is 177 Å². The van der Waals surface area contributed by atoms with Gasteiger partial charge in [0.05, 0.1) is 12.7 Å². The van der Waals surface area contributed by atoms with Crippen molar-refractivity contribution in [1.82, 2.24) is 5.32 Å². The number of azide groups is 1. The number of amides is 1. The van der Waals surface area contributed by atoms with Crippen LogP contribution in [0.2, 0.25) is 0 Å². The summed E-state index contributed by atoms with van der Waals surface area (Å²) in [6.07, 6.45) is -7.39. The van der Waals surface area contributed by atoms with Crippen molar-refractivity contribution in [2.24, 2.45) is 5.11 Å². The number of alkyl carbamates (subject to hydrolysis) is 1. The van der Waals surface area contributed by atoms with Crippen molar-refractivity contribution < 1.29 is 47.5 Å². The Bertz CT molecular complexity index is 2010. The molecule has 0 saturated carbocycles. The molecule has 0 aromatic heterocycles. The molecule has 290 valence electrons. The van der Waals surface area contributed by atoms with Crippen LogP contribution in [-0.4, -0.2) is 79.9 Å². The standard InChI is InChI=1S/C41H39ClN4O10/c1-24(53-40-35(45-46-43)37(55-33(47)20-42)36-32(54-40)23-51-39(56-36)26-14-6-3-7-15-26)34(38(48)50-21-25-12-4-2-5-13-25)44-41(49)52-22-31-29-18-10-8-16-27(29)28-17-9-11-19-30(28)31/h2-19,24,31-32,34-37,39-40H,20-23H2,1H3,(H,44,49)/t24?,32-,34+,35-,36+,37-,39?,40+/m1/s1. The number of nitrogens with one attached hydrogen (secondary N) is 1. The summed E-state index contributed by atoms with van der Waals surface area (Å²) in [7, 11) is 0. The van der Waals surface area contributed by atoms with Gasteiger partial charge in [-0.3, -0.25) is 4.79 Å². The second kappa shape index (κ2) is 18.0. The quantitative estimate of drug-likeness (QED) is 0.0383. The van der Waals surface area contributed by atoms with Crippen LogP contribution in [0.25, 0.3) is 21.6 Å². The SMILES string of the molecule is CC(O[C@H]1O[C@@H]2COC(c3ccccc3)O[C@@H]2[C@H](OC(=O)CCl)[C@H]1N=[N+]=[N-])[C@H](NC(=O)OCC1c2ccccc2-c2ccccc21)C(=O)OCc1ccccc1. The highest BCUT2D eigenvalue weighted by atomic mass is 35.5. The maximum atomic E-state index is 13.8. The summed E-state index contributed by atoms with van der Waals surface area (Å²) in [6.45, 7) is 1.40. The number of benzene rings is 4. The van der Waals surface area contributed by atoms with Gasteiger partial charge in [0, 0.05) is 16.4 Å². The lowest BCUT2D eigenvalue weighted by Gasteiger charge is -2.48. The van der Waals surface area contributed by atoms with Gasteiger partial charge in [0.15, 0.2) is 18.6 Å². The zero-order valence-electron chi connectivity index (χ0n) is 30.2. The van der Waals surface area contributed by atoms with Crippen molar-refractivity contribution >= 4 is 29.6 Å². The number of hydrogen-bond acceptors (Lipinski definition) is 11. The van der Waals surface area contributed by atoms with Crippen LogP contribution in [0, 0.1) is 0 Å². The van der Waals surface area contributed by atoms with Crippen molar-refractivity contribution in [3.8, 4) is 11.1 Å². The molecule has 2 saturated heterocycles. The fourth-order valence-corrected chi connectivity index (χ4v) is 7.26. The summed E-state index contributed by atoms with van der Waals surface area (Å²) >= 11 is 5.82. The number of fused-ring (bicyclic) bond motifs is 4. The van der Waals surface area contributed by atoms with Gasteiger partial charge in [0.25, 0.3) is 0 Å². The predicted octanol–water partition coefficient (Wildman–Crippen LogP) is 6.71. The molecular weight excluding hydrogens is 744 g/mol. The number of nitrogens with zero attached hydrogens (tertiary/aromatic N) is 3. The molecule has 15 heteroatoms. The van der Waals surface area contributed by atoms with Crippen molar-refractivity contribution in [2.75, 3.05) is 19.1 Å². The Kier molecular flexibility index (Phi) is 12.5. The maximum Gasteiger partial charge on any atom is 0.407 e. The van der Waals surface area contributed by atoms with Crippen molar-refractivity contribution in [3.63, 3.8) is 0 Å². The number of ether oxygens (including phenoxy) is 7. The van der Waals surface area contributed by atoms with Gasteiger partial charge in [-0.15, -0.1) is 11.6 Å². The van der Waals surface area contributed by atoms with Gasteiger partial charge in [-0.25, -0.2) is 9.59 Å². The van der Waals surface area contributed by atoms with Crippen LogP contribution in [0.4, 0.5) is 4.79 Å². The van der Waals surface area contributed by atoms with E-state index in [1.54, 1.807) is 24.3 Å². The molecule has 14 nitrogen and oxygen atoms in total. The van der Waals surface area contributed by atoms with E-state index in [9.17, 15) is 19.9 Å². The van der Waals surface area contributed by atoms with Gasteiger partial charge in [-0.2, -0.15) is 0 Å². The van der Waals surface area contributed by atoms with Crippen LogP contribution in [0.3, 0.4) is 0 Å². The molecule has 2 heterocycles. The minimum Gasteiger partial charge on any atom is -0.459 e. The number of rotatable bonds is 13. The molecule has 0 radical (unpaired) electrons. The molecule has 8 atom stereocenters. The fraction of sp³-hybridized carbons (Fsp3) is 0.341. The Morgan fingerprint density at radius 3 is 2.20 bits per heavy atom. The lowest BCUT2D eigenvalue weighted by Crippen LogP contribution is -2.64. The van der Waals surface area contributed by atoms with Crippen LogP contribution in [0.5, 0.6) is 0 Å². The zero-order chi connectivity index (χ0) is 39.0. The van der Waals surface area contributed by atoms with Crippen LogP contribution >= 0.6 is 11.6 Å². The first-order valence-corrected chi connectivity index (χ1v) is 18.6. The summed E-state index contributed by atoms with van der Waals surface area (Å²) in [6, 6.07) is 31.2. The third kappa shape index (κ3) is 8.66. The molecule has 2 unspecified atom stereocenters. The third-order valence-electron chi connectivity index (χ3n) is 9.85. The number of hydrogen-bond donors (Lipinski definition) is 1. The number of halogens is 1. The van der Waals surface area contributed by atoms with Crippen molar-refractivity contribution in [1.29, 1.82) is 0 Å². The number of carbonyl (C=O) groups excluding carboxylic acids is 3. The first kappa shape index (κ1) is 38.8. The maximum absolute atomic E-state index is 13.8. The first-order valence-electron chi connectivity index (χ1n) is 18.1. The van der Waals surface area contributed by atoms with E-state index >= 15 is 0 Å². The number of esters is 2. The Morgan fingerprint density at radius 1 is 0.893 bits per heavy atom. The lowest BCUT2D eigenvalue weighted by atomic mass is 9.95. The van der Waals surface area contributed by atoms with Crippen LogP contribution < -0.4 is 5.32 Å². The van der Waals surface area contributed by atoms with E-state index in [0.717, 1.165) is 27.8 Å². The van der Waals surface area contributed by atoms with Gasteiger partial charge in [0.1, 0.15) is 43.4 Å².